The minimum atomic E-state index is -0.504. The average molecular weight is 399 g/mol. The van der Waals surface area contributed by atoms with Crippen LogP contribution >= 0.6 is 15.9 Å². The molecule has 0 atom stereocenters. The molecule has 2 rings (SSSR count). The maximum atomic E-state index is 11.8. The Labute approximate surface area is 150 Å². The largest absolute Gasteiger partial charge is 0.444 e. The average Bonchev–Trinajstić information content (AvgIpc) is 2.45. The normalized spacial score (nSPS) is 15.9. The third-order valence-corrected chi connectivity index (χ3v) is 4.01. The fourth-order valence-corrected chi connectivity index (χ4v) is 2.94. The summed E-state index contributed by atoms with van der Waals surface area (Å²) in [5.41, 5.74) is 5.25. The van der Waals surface area contributed by atoms with Crippen LogP contribution in [0.25, 0.3) is 0 Å². The van der Waals surface area contributed by atoms with Crippen molar-refractivity contribution >= 4 is 33.7 Å². The van der Waals surface area contributed by atoms with Crippen LogP contribution in [0.5, 0.6) is 0 Å². The van der Waals surface area contributed by atoms with Crippen LogP contribution in [-0.4, -0.2) is 41.7 Å². The number of nitrogens with two attached hydrogens (primary N) is 1. The van der Waals surface area contributed by atoms with E-state index in [1.165, 1.54) is 0 Å². The van der Waals surface area contributed by atoms with E-state index in [1.54, 1.807) is 12.1 Å². The lowest BCUT2D eigenvalue weighted by atomic mass is 10.1. The number of hydrogen-bond acceptors (Lipinski definition) is 5. The highest BCUT2D eigenvalue weighted by atomic mass is 79.9. The summed E-state index contributed by atoms with van der Waals surface area (Å²) in [6, 6.07) is 3.36. The van der Waals surface area contributed by atoms with Gasteiger partial charge in [0, 0.05) is 24.7 Å². The molecule has 132 valence electrons. The van der Waals surface area contributed by atoms with Crippen molar-refractivity contribution in [2.75, 3.05) is 18.0 Å². The zero-order valence-electron chi connectivity index (χ0n) is 14.1. The Morgan fingerprint density at radius 3 is 2.50 bits per heavy atom. The van der Waals surface area contributed by atoms with Crippen molar-refractivity contribution in [3.8, 4) is 0 Å². The van der Waals surface area contributed by atoms with Crippen molar-refractivity contribution in [2.45, 2.75) is 45.3 Å². The van der Waals surface area contributed by atoms with Crippen LogP contribution in [0.15, 0.2) is 16.7 Å². The van der Waals surface area contributed by atoms with Gasteiger partial charge in [0.2, 0.25) is 5.91 Å². The van der Waals surface area contributed by atoms with Crippen molar-refractivity contribution in [1.82, 2.24) is 10.3 Å². The number of hydrogen-bond donors (Lipinski definition) is 2. The molecule has 1 aliphatic heterocycles. The molecule has 0 spiro atoms. The maximum Gasteiger partial charge on any atom is 0.407 e. The highest BCUT2D eigenvalue weighted by Crippen LogP contribution is 2.22. The van der Waals surface area contributed by atoms with Crippen molar-refractivity contribution in [1.29, 1.82) is 0 Å². The number of halogens is 1. The molecule has 0 saturated carbocycles. The number of ether oxygens (including phenoxy) is 1. The summed E-state index contributed by atoms with van der Waals surface area (Å²) in [5.74, 6) is 0.217. The number of carbonyl (C=O) groups is 2. The first-order valence-electron chi connectivity index (χ1n) is 7.86. The predicted octanol–water partition coefficient (Wildman–Crippen LogP) is 2.44. The molecule has 7 nitrogen and oxygen atoms in total. The minimum absolute atomic E-state index is 0.0684. The summed E-state index contributed by atoms with van der Waals surface area (Å²) in [4.78, 5) is 29.7. The van der Waals surface area contributed by atoms with E-state index in [2.05, 4.69) is 31.1 Å². The standard InChI is InChI=1S/C16H23BrN4O3/c1-16(2,3)24-15(23)19-11-4-6-21(7-5-11)13-9-10(14(18)22)8-12(17)20-13/h8-9,11H,4-7H2,1-3H3,(H2,18,22)(H,19,23). The van der Waals surface area contributed by atoms with Crippen LogP contribution in [0.1, 0.15) is 44.0 Å². The van der Waals surface area contributed by atoms with Crippen molar-refractivity contribution in [3.63, 3.8) is 0 Å². The Morgan fingerprint density at radius 1 is 1.33 bits per heavy atom. The molecule has 2 amide bonds. The van der Waals surface area contributed by atoms with Crippen molar-refractivity contribution in [3.05, 3.63) is 22.3 Å². The van der Waals surface area contributed by atoms with Crippen LogP contribution < -0.4 is 16.0 Å². The highest BCUT2D eigenvalue weighted by Gasteiger charge is 2.24. The van der Waals surface area contributed by atoms with E-state index >= 15 is 0 Å². The molecule has 0 bridgehead atoms. The molecule has 1 aromatic heterocycles. The zero-order chi connectivity index (χ0) is 17.9. The van der Waals surface area contributed by atoms with Crippen LogP contribution in [-0.2, 0) is 4.74 Å². The second-order valence-electron chi connectivity index (χ2n) is 6.81. The van der Waals surface area contributed by atoms with Gasteiger partial charge in [-0.2, -0.15) is 0 Å². The monoisotopic (exact) mass is 398 g/mol. The quantitative estimate of drug-likeness (QED) is 0.761. The van der Waals surface area contributed by atoms with Gasteiger partial charge in [0.15, 0.2) is 0 Å². The van der Waals surface area contributed by atoms with E-state index in [9.17, 15) is 9.59 Å². The van der Waals surface area contributed by atoms with Gasteiger partial charge >= 0.3 is 6.09 Å². The van der Waals surface area contributed by atoms with Crippen molar-refractivity contribution in [2.24, 2.45) is 5.73 Å². The summed E-state index contributed by atoms with van der Waals surface area (Å²) in [6.45, 7) is 6.96. The predicted molar refractivity (Wildman–Crippen MR) is 95.1 cm³/mol. The molecule has 1 saturated heterocycles. The molecular weight excluding hydrogens is 376 g/mol. The van der Waals surface area contributed by atoms with Gasteiger partial charge in [-0.15, -0.1) is 0 Å². The molecule has 1 aliphatic rings. The molecule has 24 heavy (non-hydrogen) atoms. The molecule has 1 fully saturated rings. The molecule has 0 aromatic carbocycles. The summed E-state index contributed by atoms with van der Waals surface area (Å²) >= 11 is 3.30. The number of pyridine rings is 1. The molecular formula is C16H23BrN4O3. The van der Waals surface area contributed by atoms with Gasteiger partial charge in [-0.05, 0) is 61.7 Å². The Morgan fingerprint density at radius 2 is 1.96 bits per heavy atom. The zero-order valence-corrected chi connectivity index (χ0v) is 15.7. The number of rotatable bonds is 3. The molecule has 1 aromatic rings. The van der Waals surface area contributed by atoms with Crippen LogP contribution in [0.2, 0.25) is 0 Å². The number of primary amides is 1. The molecule has 8 heteroatoms. The Kier molecular flexibility index (Phi) is 5.69. The maximum absolute atomic E-state index is 11.8. The van der Waals surface area contributed by atoms with E-state index in [0.717, 1.165) is 25.9 Å². The van der Waals surface area contributed by atoms with E-state index in [4.69, 9.17) is 10.5 Å². The van der Waals surface area contributed by atoms with Crippen LogP contribution in [0.3, 0.4) is 0 Å². The van der Waals surface area contributed by atoms with Crippen LogP contribution in [0.4, 0.5) is 10.6 Å². The minimum Gasteiger partial charge on any atom is -0.444 e. The second kappa shape index (κ2) is 7.38. The van der Waals surface area contributed by atoms with Gasteiger partial charge in [-0.3, -0.25) is 4.79 Å². The number of carbonyl (C=O) groups excluding carboxylic acids is 2. The van der Waals surface area contributed by atoms with E-state index < -0.39 is 17.6 Å². The summed E-state index contributed by atoms with van der Waals surface area (Å²) in [7, 11) is 0. The van der Waals surface area contributed by atoms with Gasteiger partial charge < -0.3 is 20.7 Å². The van der Waals surface area contributed by atoms with Crippen LogP contribution in [0, 0.1) is 0 Å². The third-order valence-electron chi connectivity index (χ3n) is 3.60. The van der Waals surface area contributed by atoms with Gasteiger partial charge in [0.25, 0.3) is 0 Å². The second-order valence-corrected chi connectivity index (χ2v) is 7.62. The molecule has 2 heterocycles. The number of alkyl carbamates (subject to hydrolysis) is 1. The van der Waals surface area contributed by atoms with E-state index in [0.29, 0.717) is 16.0 Å². The number of anilines is 1. The molecule has 3 N–H and O–H groups in total. The van der Waals surface area contributed by atoms with Gasteiger partial charge in [0.1, 0.15) is 16.0 Å². The van der Waals surface area contributed by atoms with E-state index in [-0.39, 0.29) is 6.04 Å². The molecule has 0 radical (unpaired) electrons. The number of nitrogens with one attached hydrogen (secondary N) is 1. The van der Waals surface area contributed by atoms with Gasteiger partial charge in [0.05, 0.1) is 0 Å². The Bertz CT molecular complexity index is 622. The summed E-state index contributed by atoms with van der Waals surface area (Å²) < 4.78 is 5.85. The number of nitrogens with zero attached hydrogens (tertiary/aromatic N) is 2. The molecule has 0 aliphatic carbocycles. The summed E-state index contributed by atoms with van der Waals surface area (Å²) in [6.07, 6.45) is 1.16. The lowest BCUT2D eigenvalue weighted by Crippen LogP contribution is -2.46. The highest BCUT2D eigenvalue weighted by molar-refractivity contribution is 9.10. The van der Waals surface area contributed by atoms with Gasteiger partial charge in [-0.25, -0.2) is 9.78 Å². The SMILES string of the molecule is CC(C)(C)OC(=O)NC1CCN(c2cc(C(N)=O)cc(Br)n2)CC1. The first-order chi connectivity index (χ1) is 11.1. The van der Waals surface area contributed by atoms with Crippen molar-refractivity contribution < 1.29 is 14.3 Å². The van der Waals surface area contributed by atoms with Gasteiger partial charge in [-0.1, -0.05) is 0 Å². The first-order valence-corrected chi connectivity index (χ1v) is 8.65. The number of amides is 2. The Hall–Kier alpha value is -1.83. The number of piperidine rings is 1. The lowest BCUT2D eigenvalue weighted by Gasteiger charge is -2.33. The number of aromatic nitrogens is 1. The first kappa shape index (κ1) is 18.5. The third kappa shape index (κ3) is 5.36. The fraction of sp³-hybridized carbons (Fsp3) is 0.562. The fourth-order valence-electron chi connectivity index (χ4n) is 2.51. The topological polar surface area (TPSA) is 97.5 Å². The smallest absolute Gasteiger partial charge is 0.407 e. The molecule has 0 unspecified atom stereocenters. The lowest BCUT2D eigenvalue weighted by molar-refractivity contribution is 0.0497. The van der Waals surface area contributed by atoms with E-state index in [1.807, 2.05) is 20.8 Å². The Balaban J connectivity index is 1.93. The summed E-state index contributed by atoms with van der Waals surface area (Å²) in [5, 5.41) is 2.90.